The van der Waals surface area contributed by atoms with Crippen LogP contribution in [0, 0.1) is 6.92 Å². The smallest absolute Gasteiger partial charge is 0.243 e. The molecule has 4 nitrogen and oxygen atoms in total. The number of hydrogen-bond donors (Lipinski definition) is 1. The second kappa shape index (κ2) is 6.26. The number of nitrogens with zero attached hydrogens (tertiary/aromatic N) is 1. The molecule has 1 aromatic carbocycles. The third kappa shape index (κ3) is 3.76. The van der Waals surface area contributed by atoms with Crippen molar-refractivity contribution < 1.29 is 8.42 Å². The summed E-state index contributed by atoms with van der Waals surface area (Å²) in [5, 5.41) is 0. The van der Waals surface area contributed by atoms with Gasteiger partial charge >= 0.3 is 0 Å². The van der Waals surface area contributed by atoms with Crippen molar-refractivity contribution in [2.75, 3.05) is 13.1 Å². The molecule has 2 N–H and O–H groups in total. The predicted octanol–water partition coefficient (Wildman–Crippen LogP) is 1.68. The van der Waals surface area contributed by atoms with E-state index in [4.69, 9.17) is 18.0 Å². The van der Waals surface area contributed by atoms with E-state index in [1.807, 2.05) is 6.92 Å². The third-order valence-electron chi connectivity index (χ3n) is 2.62. The molecule has 0 bridgehead atoms. The Morgan fingerprint density at radius 3 is 2.33 bits per heavy atom. The van der Waals surface area contributed by atoms with Crippen LogP contribution >= 0.6 is 12.2 Å². The van der Waals surface area contributed by atoms with Crippen LogP contribution in [0.25, 0.3) is 0 Å². The zero-order chi connectivity index (χ0) is 13.8. The minimum Gasteiger partial charge on any atom is -0.393 e. The summed E-state index contributed by atoms with van der Waals surface area (Å²) in [7, 11) is -3.45. The van der Waals surface area contributed by atoms with Gasteiger partial charge in [-0.25, -0.2) is 8.42 Å². The van der Waals surface area contributed by atoms with Crippen molar-refractivity contribution in [2.45, 2.75) is 25.2 Å². The first-order valence-corrected chi connectivity index (χ1v) is 7.58. The second-order valence-electron chi connectivity index (χ2n) is 4.03. The van der Waals surface area contributed by atoms with Crippen LogP contribution in [0.3, 0.4) is 0 Å². The van der Waals surface area contributed by atoms with E-state index in [-0.39, 0.29) is 0 Å². The number of rotatable bonds is 6. The number of nitrogens with two attached hydrogens (primary N) is 1. The minimum atomic E-state index is -3.45. The third-order valence-corrected chi connectivity index (χ3v) is 4.81. The van der Waals surface area contributed by atoms with E-state index in [0.717, 1.165) is 5.56 Å². The molecule has 1 rings (SSSR count). The summed E-state index contributed by atoms with van der Waals surface area (Å²) >= 11 is 4.77. The lowest BCUT2D eigenvalue weighted by Gasteiger charge is -2.20. The molecule has 0 aliphatic heterocycles. The quantitative estimate of drug-likeness (QED) is 0.808. The van der Waals surface area contributed by atoms with Crippen LogP contribution in [0.2, 0.25) is 0 Å². The highest BCUT2D eigenvalue weighted by molar-refractivity contribution is 7.89. The lowest BCUT2D eigenvalue weighted by molar-refractivity contribution is 0.437. The fraction of sp³-hybridized carbons (Fsp3) is 0.417. The van der Waals surface area contributed by atoms with Gasteiger partial charge in [-0.2, -0.15) is 4.31 Å². The van der Waals surface area contributed by atoms with Crippen molar-refractivity contribution in [2.24, 2.45) is 5.73 Å². The van der Waals surface area contributed by atoms with E-state index in [2.05, 4.69) is 0 Å². The van der Waals surface area contributed by atoms with Crippen molar-refractivity contribution in [3.8, 4) is 0 Å². The molecule has 0 heterocycles. The van der Waals surface area contributed by atoms with Crippen molar-refractivity contribution in [3.63, 3.8) is 0 Å². The molecule has 0 radical (unpaired) electrons. The van der Waals surface area contributed by atoms with Crippen LogP contribution in [0.1, 0.15) is 18.9 Å². The molecule has 18 heavy (non-hydrogen) atoms. The summed E-state index contributed by atoms with van der Waals surface area (Å²) in [6, 6.07) is 6.81. The number of aryl methyl sites for hydroxylation is 1. The topological polar surface area (TPSA) is 63.4 Å². The Balaban J connectivity index is 2.95. The molecule has 0 aliphatic carbocycles. The first kappa shape index (κ1) is 15.1. The number of thiocarbonyl (C=S) groups is 1. The molecular formula is C12H18N2O2S2. The molecule has 1 aromatic rings. The molecule has 0 fully saturated rings. The van der Waals surface area contributed by atoms with Crippen LogP contribution in [-0.2, 0) is 10.0 Å². The Kier molecular flexibility index (Phi) is 5.25. The fourth-order valence-electron chi connectivity index (χ4n) is 1.54. The van der Waals surface area contributed by atoms with Gasteiger partial charge in [0.1, 0.15) is 0 Å². The highest BCUT2D eigenvalue weighted by Gasteiger charge is 2.22. The first-order valence-electron chi connectivity index (χ1n) is 5.73. The van der Waals surface area contributed by atoms with E-state index >= 15 is 0 Å². The molecule has 0 unspecified atom stereocenters. The molecule has 0 atom stereocenters. The van der Waals surface area contributed by atoms with E-state index in [9.17, 15) is 8.42 Å². The summed E-state index contributed by atoms with van der Waals surface area (Å²) < 4.78 is 26.0. The van der Waals surface area contributed by atoms with Gasteiger partial charge < -0.3 is 5.73 Å². The molecule has 0 saturated heterocycles. The second-order valence-corrected chi connectivity index (χ2v) is 6.49. The van der Waals surface area contributed by atoms with Gasteiger partial charge in [-0.05, 0) is 19.1 Å². The lowest BCUT2D eigenvalue weighted by atomic mass is 10.2. The van der Waals surface area contributed by atoms with E-state index in [1.54, 1.807) is 31.2 Å². The summed E-state index contributed by atoms with van der Waals surface area (Å²) in [4.78, 5) is 0.630. The maximum Gasteiger partial charge on any atom is 0.243 e. The van der Waals surface area contributed by atoms with E-state index in [0.29, 0.717) is 29.4 Å². The monoisotopic (exact) mass is 286 g/mol. The van der Waals surface area contributed by atoms with Gasteiger partial charge in [0.2, 0.25) is 10.0 Å². The van der Waals surface area contributed by atoms with Gasteiger partial charge in [0.05, 0.1) is 9.88 Å². The van der Waals surface area contributed by atoms with Crippen molar-refractivity contribution >= 4 is 27.2 Å². The minimum absolute atomic E-state index is 0.304. The average Bonchev–Trinajstić information content (AvgIpc) is 2.29. The Morgan fingerprint density at radius 2 is 1.89 bits per heavy atom. The Labute approximate surface area is 114 Å². The Bertz CT molecular complexity index is 509. The molecule has 0 aromatic heterocycles. The molecule has 100 valence electrons. The van der Waals surface area contributed by atoms with Crippen LogP contribution < -0.4 is 5.73 Å². The zero-order valence-electron chi connectivity index (χ0n) is 10.6. The Morgan fingerprint density at radius 1 is 1.33 bits per heavy atom. The highest BCUT2D eigenvalue weighted by Crippen LogP contribution is 2.16. The average molecular weight is 286 g/mol. The van der Waals surface area contributed by atoms with Gasteiger partial charge in [0.15, 0.2) is 0 Å². The van der Waals surface area contributed by atoms with Gasteiger partial charge in [-0.15, -0.1) is 0 Å². The van der Waals surface area contributed by atoms with Crippen molar-refractivity contribution in [1.29, 1.82) is 0 Å². The molecule has 0 amide bonds. The van der Waals surface area contributed by atoms with Crippen LogP contribution in [0.5, 0.6) is 0 Å². The highest BCUT2D eigenvalue weighted by atomic mass is 32.2. The van der Waals surface area contributed by atoms with E-state index in [1.165, 1.54) is 4.31 Å². The zero-order valence-corrected chi connectivity index (χ0v) is 12.2. The molecule has 0 saturated carbocycles. The first-order chi connectivity index (χ1) is 8.37. The number of hydrogen-bond acceptors (Lipinski definition) is 3. The Hall–Kier alpha value is -0.980. The predicted molar refractivity (Wildman–Crippen MR) is 77.0 cm³/mol. The molecular weight excluding hydrogens is 268 g/mol. The van der Waals surface area contributed by atoms with Crippen LogP contribution in [0.15, 0.2) is 29.2 Å². The summed E-state index contributed by atoms with van der Waals surface area (Å²) in [6.45, 7) is 4.44. The summed E-state index contributed by atoms with van der Waals surface area (Å²) in [5.74, 6) is 0. The molecule has 0 spiro atoms. The SMILES string of the molecule is CCN(CCC(N)=S)S(=O)(=O)c1ccc(C)cc1. The molecule has 0 aliphatic rings. The van der Waals surface area contributed by atoms with Gasteiger partial charge in [-0.1, -0.05) is 36.8 Å². The normalized spacial score (nSPS) is 11.7. The lowest BCUT2D eigenvalue weighted by Crippen LogP contribution is -2.33. The number of benzene rings is 1. The number of sulfonamides is 1. The largest absolute Gasteiger partial charge is 0.393 e. The molecule has 6 heteroatoms. The maximum absolute atomic E-state index is 12.3. The van der Waals surface area contributed by atoms with Gasteiger partial charge in [0.25, 0.3) is 0 Å². The van der Waals surface area contributed by atoms with Crippen molar-refractivity contribution in [1.82, 2.24) is 4.31 Å². The standard InChI is InChI=1S/C12H18N2O2S2/c1-3-14(9-8-12(13)17)18(15,16)11-6-4-10(2)5-7-11/h4-7H,3,8-9H2,1-2H3,(H2,13,17). The van der Waals surface area contributed by atoms with E-state index < -0.39 is 10.0 Å². The fourth-order valence-corrected chi connectivity index (χ4v) is 3.08. The van der Waals surface area contributed by atoms with Crippen molar-refractivity contribution in [3.05, 3.63) is 29.8 Å². The summed E-state index contributed by atoms with van der Waals surface area (Å²) in [5.41, 5.74) is 6.44. The van der Waals surface area contributed by atoms with Gasteiger partial charge in [0, 0.05) is 19.5 Å². The summed E-state index contributed by atoms with van der Waals surface area (Å²) in [6.07, 6.45) is 0.397. The van der Waals surface area contributed by atoms with Gasteiger partial charge in [-0.3, -0.25) is 0 Å². The maximum atomic E-state index is 12.3. The van der Waals surface area contributed by atoms with Crippen LogP contribution in [0.4, 0.5) is 0 Å². The van der Waals surface area contributed by atoms with Crippen LogP contribution in [-0.4, -0.2) is 30.8 Å².